The summed E-state index contributed by atoms with van der Waals surface area (Å²) in [5.41, 5.74) is -3.12. The summed E-state index contributed by atoms with van der Waals surface area (Å²) in [6.07, 6.45) is -7.99. The van der Waals surface area contributed by atoms with Crippen LogP contribution in [0.2, 0.25) is 0 Å². The van der Waals surface area contributed by atoms with Gasteiger partial charge in [-0.25, -0.2) is 4.79 Å². The van der Waals surface area contributed by atoms with Crippen LogP contribution < -0.4 is 4.74 Å². The second-order valence-corrected chi connectivity index (χ2v) is 10.6. The Kier molecular flexibility index (Phi) is 5.31. The first kappa shape index (κ1) is 24.5. The molecule has 36 heavy (non-hydrogen) atoms. The van der Waals surface area contributed by atoms with E-state index in [4.69, 9.17) is 28.4 Å². The van der Waals surface area contributed by atoms with Gasteiger partial charge in [0.15, 0.2) is 18.4 Å². The highest BCUT2D eigenvalue weighted by molar-refractivity contribution is 5.89. The Labute approximate surface area is 206 Å². The Bertz CT molecular complexity index is 1050. The van der Waals surface area contributed by atoms with E-state index in [9.17, 15) is 30.3 Å². The molecule has 0 radical (unpaired) electrons. The number of carbonyl (C=O) groups excluding carboxylic acids is 1. The van der Waals surface area contributed by atoms with Crippen molar-refractivity contribution in [2.24, 2.45) is 11.3 Å². The minimum Gasteiger partial charge on any atom is -0.497 e. The highest BCUT2D eigenvalue weighted by atomic mass is 16.8. The fourth-order valence-electron chi connectivity index (χ4n) is 7.03. The summed E-state index contributed by atoms with van der Waals surface area (Å²) in [4.78, 5) is 12.9. The number of esters is 1. The number of aliphatic hydroxyl groups is 5. The second kappa shape index (κ2) is 7.82. The summed E-state index contributed by atoms with van der Waals surface area (Å²) >= 11 is 0. The van der Waals surface area contributed by atoms with Gasteiger partial charge in [0.2, 0.25) is 0 Å². The van der Waals surface area contributed by atoms with Gasteiger partial charge in [-0.15, -0.1) is 0 Å². The van der Waals surface area contributed by atoms with Gasteiger partial charge >= 0.3 is 5.97 Å². The van der Waals surface area contributed by atoms with Crippen molar-refractivity contribution in [1.29, 1.82) is 0 Å². The van der Waals surface area contributed by atoms with E-state index in [2.05, 4.69) is 0 Å². The Hall–Kier alpha value is -1.87. The number of hydrogen-bond acceptors (Lipinski definition) is 12. The van der Waals surface area contributed by atoms with Gasteiger partial charge in [0.1, 0.15) is 48.0 Å². The first-order valence-corrected chi connectivity index (χ1v) is 11.9. The van der Waals surface area contributed by atoms with Crippen LogP contribution in [0.15, 0.2) is 24.3 Å². The molecule has 5 N–H and O–H groups in total. The van der Waals surface area contributed by atoms with Crippen molar-refractivity contribution in [1.82, 2.24) is 0 Å². The zero-order valence-corrected chi connectivity index (χ0v) is 19.8. The third kappa shape index (κ3) is 2.87. The first-order chi connectivity index (χ1) is 17.0. The van der Waals surface area contributed by atoms with Crippen molar-refractivity contribution < 1.29 is 58.7 Å². The number of hydrogen-bond donors (Lipinski definition) is 5. The number of rotatable bonds is 7. The monoisotopic (exact) mass is 510 g/mol. The summed E-state index contributed by atoms with van der Waals surface area (Å²) in [5.74, 6) is -2.00. The van der Waals surface area contributed by atoms with Gasteiger partial charge < -0.3 is 54.0 Å². The molecule has 0 aromatic heterocycles. The van der Waals surface area contributed by atoms with Crippen LogP contribution in [0.1, 0.15) is 30.1 Å². The van der Waals surface area contributed by atoms with E-state index in [1.54, 1.807) is 31.2 Å². The molecule has 0 spiro atoms. The van der Waals surface area contributed by atoms with Gasteiger partial charge in [0.05, 0.1) is 24.7 Å². The third-order valence-corrected chi connectivity index (χ3v) is 8.89. The summed E-state index contributed by atoms with van der Waals surface area (Å²) in [6.45, 7) is 0.937. The molecular formula is C24H30O12. The smallest absolute Gasteiger partial charge is 0.338 e. The molecule has 12 heteroatoms. The molecule has 1 aromatic rings. The van der Waals surface area contributed by atoms with Crippen molar-refractivity contribution >= 4 is 5.97 Å². The number of methoxy groups -OCH3 is 1. The number of benzene rings is 1. The molecule has 6 bridgehead atoms. The Morgan fingerprint density at radius 1 is 1.11 bits per heavy atom. The molecule has 198 valence electrons. The van der Waals surface area contributed by atoms with Crippen molar-refractivity contribution in [2.45, 2.75) is 73.8 Å². The van der Waals surface area contributed by atoms with Crippen molar-refractivity contribution in [3.63, 3.8) is 0 Å². The summed E-state index contributed by atoms with van der Waals surface area (Å²) in [5, 5.41) is 51.8. The molecule has 3 aliphatic carbocycles. The molecule has 0 amide bonds. The van der Waals surface area contributed by atoms with E-state index in [1.807, 2.05) is 0 Å². The Morgan fingerprint density at radius 2 is 1.83 bits per heavy atom. The topological polar surface area (TPSA) is 174 Å². The number of ether oxygens (including phenoxy) is 6. The highest BCUT2D eigenvalue weighted by Crippen LogP contribution is 2.81. The quantitative estimate of drug-likeness (QED) is 0.273. The lowest BCUT2D eigenvalue weighted by molar-refractivity contribution is -0.424. The summed E-state index contributed by atoms with van der Waals surface area (Å²) in [7, 11) is 1.52. The minimum atomic E-state index is -1.63. The molecule has 7 fully saturated rings. The van der Waals surface area contributed by atoms with Crippen LogP contribution in [0.4, 0.5) is 0 Å². The van der Waals surface area contributed by atoms with Crippen LogP contribution in [-0.2, 0) is 23.7 Å². The molecule has 11 atom stereocenters. The zero-order chi connectivity index (χ0) is 25.7. The van der Waals surface area contributed by atoms with Crippen molar-refractivity contribution in [2.75, 3.05) is 20.3 Å². The second-order valence-electron chi connectivity index (χ2n) is 10.6. The average Bonchev–Trinajstić information content (AvgIpc) is 3.05. The molecule has 1 aromatic carbocycles. The molecule has 4 heterocycles. The van der Waals surface area contributed by atoms with Gasteiger partial charge in [0, 0.05) is 12.3 Å². The number of aliphatic hydroxyl groups excluding tert-OH is 4. The average molecular weight is 510 g/mol. The van der Waals surface area contributed by atoms with E-state index < -0.39 is 77.9 Å². The Balaban J connectivity index is 1.29. The van der Waals surface area contributed by atoms with Crippen LogP contribution in [0.5, 0.6) is 5.75 Å². The van der Waals surface area contributed by atoms with Gasteiger partial charge in [-0.1, -0.05) is 0 Å². The van der Waals surface area contributed by atoms with Crippen molar-refractivity contribution in [3.8, 4) is 5.75 Å². The molecule has 8 rings (SSSR count). The van der Waals surface area contributed by atoms with Crippen LogP contribution in [0, 0.1) is 11.3 Å². The van der Waals surface area contributed by atoms with E-state index in [0.717, 1.165) is 0 Å². The normalized spacial score (nSPS) is 50.1. The molecule has 3 saturated carbocycles. The molecule has 4 aliphatic heterocycles. The largest absolute Gasteiger partial charge is 0.497 e. The SMILES string of the molecule is COc1ccc(C(=O)OC[C@]23[C@H]4O[C@]5(O)C[C@](C)(O4)[C@@]2(O[C@@H]2O[C@H](CO)[C@@H](O)[C@H](O)[C@H]2O)C[C@H]35)cc1. The van der Waals surface area contributed by atoms with E-state index in [0.29, 0.717) is 11.3 Å². The van der Waals surface area contributed by atoms with Crippen LogP contribution >= 0.6 is 0 Å². The fourth-order valence-corrected chi connectivity index (χ4v) is 7.03. The van der Waals surface area contributed by atoms with Crippen molar-refractivity contribution in [3.05, 3.63) is 29.8 Å². The van der Waals surface area contributed by atoms with Gasteiger partial charge in [-0.3, -0.25) is 0 Å². The maximum Gasteiger partial charge on any atom is 0.338 e. The molecule has 7 aliphatic rings. The summed E-state index contributed by atoms with van der Waals surface area (Å²) in [6, 6.07) is 6.41. The fraction of sp³-hybridized carbons (Fsp3) is 0.708. The zero-order valence-electron chi connectivity index (χ0n) is 19.8. The van der Waals surface area contributed by atoms with E-state index in [-0.39, 0.29) is 19.4 Å². The minimum absolute atomic E-state index is 0.0762. The predicted octanol–water partition coefficient (Wildman–Crippen LogP) is -1.35. The summed E-state index contributed by atoms with van der Waals surface area (Å²) < 4.78 is 34.9. The van der Waals surface area contributed by atoms with E-state index in [1.165, 1.54) is 7.11 Å². The lowest BCUT2D eigenvalue weighted by atomic mass is 9.41. The molecule has 0 unspecified atom stereocenters. The number of carbonyl (C=O) groups is 1. The van der Waals surface area contributed by atoms with Gasteiger partial charge in [-0.2, -0.15) is 0 Å². The lowest BCUT2D eigenvalue weighted by Crippen LogP contribution is -2.80. The maximum atomic E-state index is 12.9. The first-order valence-electron chi connectivity index (χ1n) is 11.9. The van der Waals surface area contributed by atoms with Crippen LogP contribution in [-0.4, -0.2) is 106 Å². The maximum absolute atomic E-state index is 12.9. The van der Waals surface area contributed by atoms with Crippen LogP contribution in [0.25, 0.3) is 0 Å². The predicted molar refractivity (Wildman–Crippen MR) is 115 cm³/mol. The van der Waals surface area contributed by atoms with Gasteiger partial charge in [-0.05, 0) is 37.6 Å². The highest BCUT2D eigenvalue weighted by Gasteiger charge is 2.94. The Morgan fingerprint density at radius 3 is 2.50 bits per heavy atom. The third-order valence-electron chi connectivity index (χ3n) is 8.89. The molecule has 12 nitrogen and oxygen atoms in total. The molecule has 4 saturated heterocycles. The standard InChI is InChI=1S/C24H30O12/c1-21-9-23(30)14-7-24(21,34-19-17(28)16(27)15(26)13(8-25)33-19)22(14,20(35-21)36-23)10-32-18(29)11-3-5-12(31-2)6-4-11/h3-6,13-17,19-20,25-28,30H,7-10H2,1-2H3/t13-,14-,15-,16+,17-,19+,20-,21+,22+,23-,24+/m1/s1. The van der Waals surface area contributed by atoms with E-state index >= 15 is 0 Å². The lowest BCUT2D eigenvalue weighted by Gasteiger charge is -2.67. The van der Waals surface area contributed by atoms with Gasteiger partial charge in [0.25, 0.3) is 0 Å². The van der Waals surface area contributed by atoms with Crippen LogP contribution in [0.3, 0.4) is 0 Å². The molecular weight excluding hydrogens is 480 g/mol.